The largest absolute Gasteiger partial charge is 0.323 e. The third-order valence-electron chi connectivity index (χ3n) is 6.74. The van der Waals surface area contributed by atoms with Gasteiger partial charge < -0.3 is 4.90 Å². The lowest BCUT2D eigenvalue weighted by molar-refractivity contribution is -0.126. The van der Waals surface area contributed by atoms with Crippen LogP contribution in [0.2, 0.25) is 5.02 Å². The molecule has 0 bridgehead atoms. The lowest BCUT2D eigenvalue weighted by Crippen LogP contribution is -2.53. The Balaban J connectivity index is 1.28. The average Bonchev–Trinajstić information content (AvgIpc) is 3.55. The molecule has 180 valence electrons. The molecule has 11 heteroatoms. The smallest absolute Gasteiger partial charge is 0.269 e. The minimum absolute atomic E-state index is 0.000466. The van der Waals surface area contributed by atoms with Crippen LogP contribution >= 0.6 is 11.6 Å². The number of likely N-dealkylation sites (tertiary alicyclic amines) is 1. The van der Waals surface area contributed by atoms with E-state index in [-0.39, 0.29) is 17.9 Å². The molecule has 35 heavy (non-hydrogen) atoms. The van der Waals surface area contributed by atoms with Gasteiger partial charge in [-0.1, -0.05) is 30.5 Å². The van der Waals surface area contributed by atoms with Crippen molar-refractivity contribution >= 4 is 29.3 Å². The molecule has 5 rings (SSSR count). The molecular weight excluding hydrogens is 470 g/mol. The number of aromatic nitrogens is 4. The number of tetrazole rings is 1. The second-order valence-corrected chi connectivity index (χ2v) is 9.27. The summed E-state index contributed by atoms with van der Waals surface area (Å²) in [5.74, 6) is -0.832. The molecule has 3 unspecified atom stereocenters. The van der Waals surface area contributed by atoms with E-state index in [1.165, 1.54) is 11.0 Å². The second-order valence-electron chi connectivity index (χ2n) is 8.83. The average molecular weight is 494 g/mol. The van der Waals surface area contributed by atoms with E-state index in [0.29, 0.717) is 28.3 Å². The standard InChI is InChI=1S/C24H24ClN7O3/c25-18-6-3-5-17(12-18)24(35)32-20-7-2-1-4-16(20)13-21(32)23(34)28-27-22(33)15-8-10-19(11-9-15)31-14-26-29-30-31/h3,5-6,8-12,14,16,20-21H,1-2,4,7,13H2,(H,27,33)(H,28,34). The summed E-state index contributed by atoms with van der Waals surface area (Å²) in [6.45, 7) is 0. The van der Waals surface area contributed by atoms with Gasteiger partial charge in [-0.05, 0) is 78.1 Å². The van der Waals surface area contributed by atoms with Gasteiger partial charge in [-0.3, -0.25) is 25.2 Å². The highest BCUT2D eigenvalue weighted by molar-refractivity contribution is 6.31. The normalized spacial score (nSPS) is 21.3. The van der Waals surface area contributed by atoms with Gasteiger partial charge in [-0.15, -0.1) is 5.10 Å². The lowest BCUT2D eigenvalue weighted by atomic mass is 9.84. The Bertz CT molecular complexity index is 1230. The summed E-state index contributed by atoms with van der Waals surface area (Å²) in [4.78, 5) is 40.9. The van der Waals surface area contributed by atoms with E-state index in [9.17, 15) is 14.4 Å². The van der Waals surface area contributed by atoms with Crippen LogP contribution in [0, 0.1) is 5.92 Å². The number of nitrogens with zero attached hydrogens (tertiary/aromatic N) is 5. The highest BCUT2D eigenvalue weighted by Gasteiger charge is 2.47. The third-order valence-corrected chi connectivity index (χ3v) is 6.97. The van der Waals surface area contributed by atoms with Crippen molar-refractivity contribution in [2.75, 3.05) is 0 Å². The fraction of sp³-hybridized carbons (Fsp3) is 0.333. The number of fused-ring (bicyclic) bond motifs is 1. The SMILES string of the molecule is O=C(NNC(=O)C1CC2CCCCC2N1C(=O)c1cccc(Cl)c1)c1ccc(-n2cnnn2)cc1. The minimum atomic E-state index is -0.669. The number of amides is 3. The van der Waals surface area contributed by atoms with Gasteiger partial charge in [-0.2, -0.15) is 0 Å². The molecule has 2 aromatic carbocycles. The molecule has 1 saturated heterocycles. The van der Waals surface area contributed by atoms with E-state index in [2.05, 4.69) is 26.4 Å². The van der Waals surface area contributed by atoms with Crippen molar-refractivity contribution < 1.29 is 14.4 Å². The number of carbonyl (C=O) groups excluding carboxylic acids is 3. The van der Waals surface area contributed by atoms with Gasteiger partial charge in [0.1, 0.15) is 12.4 Å². The zero-order chi connectivity index (χ0) is 24.4. The predicted octanol–water partition coefficient (Wildman–Crippen LogP) is 2.55. The zero-order valence-electron chi connectivity index (χ0n) is 18.8. The Morgan fingerprint density at radius 2 is 1.77 bits per heavy atom. The van der Waals surface area contributed by atoms with Crippen LogP contribution in [-0.4, -0.2) is 54.9 Å². The molecule has 2 fully saturated rings. The molecule has 1 aliphatic carbocycles. The highest BCUT2D eigenvalue weighted by Crippen LogP contribution is 2.40. The molecule has 1 aliphatic heterocycles. The maximum atomic E-state index is 13.4. The summed E-state index contributed by atoms with van der Waals surface area (Å²) in [5, 5.41) is 11.4. The minimum Gasteiger partial charge on any atom is -0.323 e. The monoisotopic (exact) mass is 493 g/mol. The molecule has 0 radical (unpaired) electrons. The first-order chi connectivity index (χ1) is 17.0. The summed E-state index contributed by atoms with van der Waals surface area (Å²) in [6.07, 6.45) is 5.97. The number of carbonyl (C=O) groups is 3. The van der Waals surface area contributed by atoms with Gasteiger partial charge in [0.05, 0.1) is 5.69 Å². The van der Waals surface area contributed by atoms with E-state index >= 15 is 0 Å². The lowest BCUT2D eigenvalue weighted by Gasteiger charge is -2.33. The van der Waals surface area contributed by atoms with Gasteiger partial charge in [0, 0.05) is 22.2 Å². The number of hydrogen-bond donors (Lipinski definition) is 2. The van der Waals surface area contributed by atoms with E-state index in [4.69, 9.17) is 11.6 Å². The summed E-state index contributed by atoms with van der Waals surface area (Å²) < 4.78 is 1.47. The Morgan fingerprint density at radius 1 is 0.971 bits per heavy atom. The molecule has 2 N–H and O–H groups in total. The molecule has 3 amide bonds. The van der Waals surface area contributed by atoms with Crippen molar-refractivity contribution in [2.45, 2.75) is 44.2 Å². The predicted molar refractivity (Wildman–Crippen MR) is 127 cm³/mol. The number of hydrogen-bond acceptors (Lipinski definition) is 6. The molecule has 10 nitrogen and oxygen atoms in total. The van der Waals surface area contributed by atoms with Crippen LogP contribution < -0.4 is 10.9 Å². The fourth-order valence-electron chi connectivity index (χ4n) is 5.08. The Hall–Kier alpha value is -3.79. The van der Waals surface area contributed by atoms with Crippen LogP contribution in [0.15, 0.2) is 54.9 Å². The first-order valence-electron chi connectivity index (χ1n) is 11.5. The van der Waals surface area contributed by atoms with E-state index in [0.717, 1.165) is 25.7 Å². The highest BCUT2D eigenvalue weighted by atomic mass is 35.5. The summed E-state index contributed by atoms with van der Waals surface area (Å²) in [7, 11) is 0. The van der Waals surface area contributed by atoms with Crippen molar-refractivity contribution in [3.8, 4) is 5.69 Å². The fourth-order valence-corrected chi connectivity index (χ4v) is 5.27. The van der Waals surface area contributed by atoms with Crippen LogP contribution in [0.25, 0.3) is 5.69 Å². The Labute approximate surface area is 206 Å². The van der Waals surface area contributed by atoms with E-state index < -0.39 is 17.9 Å². The quantitative estimate of drug-likeness (QED) is 0.538. The van der Waals surface area contributed by atoms with Gasteiger partial charge >= 0.3 is 0 Å². The molecular formula is C24H24ClN7O3. The molecule has 3 aromatic rings. The number of hydrazine groups is 1. The molecule has 2 heterocycles. The van der Waals surface area contributed by atoms with Gasteiger partial charge in [0.25, 0.3) is 17.7 Å². The van der Waals surface area contributed by atoms with Crippen molar-refractivity contribution in [2.24, 2.45) is 5.92 Å². The number of halogens is 1. The van der Waals surface area contributed by atoms with Crippen molar-refractivity contribution in [1.82, 2.24) is 36.0 Å². The second kappa shape index (κ2) is 9.83. The first-order valence-corrected chi connectivity index (χ1v) is 11.9. The molecule has 1 aromatic heterocycles. The van der Waals surface area contributed by atoms with Crippen LogP contribution in [0.3, 0.4) is 0 Å². The van der Waals surface area contributed by atoms with E-state index in [1.54, 1.807) is 53.4 Å². The number of rotatable bonds is 4. The summed E-state index contributed by atoms with van der Waals surface area (Å²) in [6, 6.07) is 12.7. The molecule has 1 saturated carbocycles. The summed E-state index contributed by atoms with van der Waals surface area (Å²) in [5.41, 5.74) is 6.50. The van der Waals surface area contributed by atoms with Gasteiger partial charge in [0.2, 0.25) is 0 Å². The summed E-state index contributed by atoms with van der Waals surface area (Å²) >= 11 is 6.10. The van der Waals surface area contributed by atoms with Crippen LogP contribution in [0.5, 0.6) is 0 Å². The van der Waals surface area contributed by atoms with Crippen LogP contribution in [-0.2, 0) is 4.79 Å². The number of benzene rings is 2. The van der Waals surface area contributed by atoms with Gasteiger partial charge in [-0.25, -0.2) is 4.68 Å². The Kier molecular flexibility index (Phi) is 6.45. The van der Waals surface area contributed by atoms with Crippen molar-refractivity contribution in [3.63, 3.8) is 0 Å². The zero-order valence-corrected chi connectivity index (χ0v) is 19.6. The van der Waals surface area contributed by atoms with E-state index in [1.807, 2.05) is 0 Å². The molecule has 2 aliphatic rings. The molecule has 3 atom stereocenters. The van der Waals surface area contributed by atoms with Crippen LogP contribution in [0.1, 0.15) is 52.8 Å². The first kappa shape index (κ1) is 23.0. The molecule has 0 spiro atoms. The maximum Gasteiger partial charge on any atom is 0.269 e. The van der Waals surface area contributed by atoms with Crippen LogP contribution in [0.4, 0.5) is 0 Å². The van der Waals surface area contributed by atoms with Gasteiger partial charge in [0.15, 0.2) is 0 Å². The third kappa shape index (κ3) is 4.74. The maximum absolute atomic E-state index is 13.4. The number of nitrogens with one attached hydrogen (secondary N) is 2. The Morgan fingerprint density at radius 3 is 2.51 bits per heavy atom. The topological polar surface area (TPSA) is 122 Å². The van der Waals surface area contributed by atoms with Crippen molar-refractivity contribution in [3.05, 3.63) is 71.0 Å². The van der Waals surface area contributed by atoms with Crippen molar-refractivity contribution in [1.29, 1.82) is 0 Å².